The maximum absolute atomic E-state index is 4.82. The number of benzene rings is 1. The van der Waals surface area contributed by atoms with Gasteiger partial charge in [0.05, 0.1) is 10.7 Å². The van der Waals surface area contributed by atoms with Crippen molar-refractivity contribution in [3.05, 3.63) is 51.5 Å². The van der Waals surface area contributed by atoms with Crippen LogP contribution >= 0.6 is 11.3 Å². The fourth-order valence-electron chi connectivity index (χ4n) is 2.36. The molecule has 114 valence electrons. The average molecular weight is 302 g/mol. The van der Waals surface area contributed by atoms with Gasteiger partial charge in [-0.05, 0) is 31.4 Å². The van der Waals surface area contributed by atoms with Gasteiger partial charge in [-0.1, -0.05) is 50.6 Å². The zero-order valence-electron chi connectivity index (χ0n) is 13.2. The van der Waals surface area contributed by atoms with Crippen LogP contribution in [0.1, 0.15) is 47.8 Å². The van der Waals surface area contributed by atoms with Crippen molar-refractivity contribution in [3.63, 3.8) is 0 Å². The number of aromatic nitrogens is 1. The Balaban J connectivity index is 1.90. The van der Waals surface area contributed by atoms with Gasteiger partial charge in [0.2, 0.25) is 0 Å². The van der Waals surface area contributed by atoms with Crippen molar-refractivity contribution in [2.45, 2.75) is 52.5 Å². The van der Waals surface area contributed by atoms with Crippen LogP contribution < -0.4 is 5.32 Å². The number of nitrogens with zero attached hydrogens (tertiary/aromatic N) is 1. The Morgan fingerprint density at radius 3 is 2.62 bits per heavy atom. The van der Waals surface area contributed by atoms with Crippen LogP contribution in [-0.2, 0) is 25.8 Å². The minimum atomic E-state index is 0.978. The van der Waals surface area contributed by atoms with Crippen LogP contribution in [0.3, 0.4) is 0 Å². The summed E-state index contributed by atoms with van der Waals surface area (Å²) in [7, 11) is 0. The fraction of sp³-hybridized carbons (Fsp3) is 0.500. The first-order valence-corrected chi connectivity index (χ1v) is 8.87. The summed E-state index contributed by atoms with van der Waals surface area (Å²) >= 11 is 1.89. The van der Waals surface area contributed by atoms with Gasteiger partial charge in [-0.3, -0.25) is 0 Å². The molecule has 1 aromatic carbocycles. The second kappa shape index (κ2) is 8.96. The van der Waals surface area contributed by atoms with E-state index in [1.165, 1.54) is 34.0 Å². The number of hydrogen-bond acceptors (Lipinski definition) is 3. The van der Waals surface area contributed by atoms with Gasteiger partial charge in [0.15, 0.2) is 0 Å². The molecule has 0 saturated carbocycles. The molecule has 21 heavy (non-hydrogen) atoms. The van der Waals surface area contributed by atoms with E-state index < -0.39 is 0 Å². The summed E-state index contributed by atoms with van der Waals surface area (Å²) in [5.41, 5.74) is 2.68. The summed E-state index contributed by atoms with van der Waals surface area (Å²) in [4.78, 5) is 6.25. The SMILES string of the molecule is CCCCNCc1sc(CCc2ccccc2)nc1CC. The van der Waals surface area contributed by atoms with Crippen LogP contribution in [0.25, 0.3) is 0 Å². The van der Waals surface area contributed by atoms with Crippen LogP contribution in [0.5, 0.6) is 0 Å². The summed E-state index contributed by atoms with van der Waals surface area (Å²) < 4.78 is 0. The van der Waals surface area contributed by atoms with Gasteiger partial charge < -0.3 is 5.32 Å². The van der Waals surface area contributed by atoms with Crippen molar-refractivity contribution in [3.8, 4) is 0 Å². The Hall–Kier alpha value is -1.19. The smallest absolute Gasteiger partial charge is 0.0934 e. The number of thiazole rings is 1. The van der Waals surface area contributed by atoms with Gasteiger partial charge in [-0.15, -0.1) is 11.3 Å². The molecule has 3 heteroatoms. The van der Waals surface area contributed by atoms with Crippen molar-refractivity contribution >= 4 is 11.3 Å². The van der Waals surface area contributed by atoms with Crippen LogP contribution in [0.2, 0.25) is 0 Å². The lowest BCUT2D eigenvalue weighted by Gasteiger charge is -2.02. The molecule has 1 heterocycles. The minimum absolute atomic E-state index is 0.978. The standard InChI is InChI=1S/C18H26N2S/c1-3-5-13-19-14-17-16(4-2)20-18(21-17)12-11-15-9-7-6-8-10-15/h6-10,19H,3-5,11-14H2,1-2H3. The molecule has 2 aromatic rings. The predicted molar refractivity (Wildman–Crippen MR) is 92.0 cm³/mol. The molecule has 0 atom stereocenters. The van der Waals surface area contributed by atoms with Crippen molar-refractivity contribution in [2.75, 3.05) is 6.54 Å². The van der Waals surface area contributed by atoms with Crippen molar-refractivity contribution in [1.29, 1.82) is 0 Å². The summed E-state index contributed by atoms with van der Waals surface area (Å²) in [6.45, 7) is 6.52. The zero-order chi connectivity index (χ0) is 14.9. The highest BCUT2D eigenvalue weighted by Crippen LogP contribution is 2.21. The van der Waals surface area contributed by atoms with Crippen LogP contribution in [0.4, 0.5) is 0 Å². The monoisotopic (exact) mass is 302 g/mol. The van der Waals surface area contributed by atoms with Crippen molar-refractivity contribution in [2.24, 2.45) is 0 Å². The van der Waals surface area contributed by atoms with Crippen LogP contribution in [0.15, 0.2) is 30.3 Å². The summed E-state index contributed by atoms with van der Waals surface area (Å²) in [5, 5.41) is 4.82. The molecule has 0 amide bonds. The van der Waals surface area contributed by atoms with E-state index in [1.807, 2.05) is 11.3 Å². The minimum Gasteiger partial charge on any atom is -0.312 e. The van der Waals surface area contributed by atoms with E-state index in [-0.39, 0.29) is 0 Å². The molecule has 0 bridgehead atoms. The molecule has 2 nitrogen and oxygen atoms in total. The van der Waals surface area contributed by atoms with E-state index in [0.29, 0.717) is 0 Å². The maximum atomic E-state index is 4.82. The van der Waals surface area contributed by atoms with E-state index >= 15 is 0 Å². The zero-order valence-corrected chi connectivity index (χ0v) is 14.0. The summed E-state index contributed by atoms with van der Waals surface area (Å²) in [6, 6.07) is 10.7. The third kappa shape index (κ3) is 5.25. The lowest BCUT2D eigenvalue weighted by Crippen LogP contribution is -2.14. The van der Waals surface area contributed by atoms with Crippen LogP contribution in [0, 0.1) is 0 Å². The topological polar surface area (TPSA) is 24.9 Å². The molecule has 0 aliphatic rings. The first kappa shape index (κ1) is 16.2. The van der Waals surface area contributed by atoms with Gasteiger partial charge in [-0.2, -0.15) is 0 Å². The van der Waals surface area contributed by atoms with E-state index in [1.54, 1.807) is 0 Å². The Kier molecular flexibility index (Phi) is 6.90. The fourth-order valence-corrected chi connectivity index (χ4v) is 3.48. The van der Waals surface area contributed by atoms with Crippen molar-refractivity contribution in [1.82, 2.24) is 10.3 Å². The second-order valence-corrected chi connectivity index (χ2v) is 6.52. The molecule has 0 spiro atoms. The largest absolute Gasteiger partial charge is 0.312 e. The Morgan fingerprint density at radius 1 is 1.10 bits per heavy atom. The molecule has 0 radical (unpaired) electrons. The first-order valence-electron chi connectivity index (χ1n) is 8.05. The van der Waals surface area contributed by atoms with E-state index in [9.17, 15) is 0 Å². The number of hydrogen-bond donors (Lipinski definition) is 1. The Labute approximate surface area is 132 Å². The highest BCUT2D eigenvalue weighted by molar-refractivity contribution is 7.11. The maximum Gasteiger partial charge on any atom is 0.0934 e. The van der Waals surface area contributed by atoms with Gasteiger partial charge in [-0.25, -0.2) is 4.98 Å². The van der Waals surface area contributed by atoms with Gasteiger partial charge in [0, 0.05) is 17.8 Å². The normalized spacial score (nSPS) is 11.0. The van der Waals surface area contributed by atoms with Crippen LogP contribution in [-0.4, -0.2) is 11.5 Å². The average Bonchev–Trinajstić information content (AvgIpc) is 2.93. The highest BCUT2D eigenvalue weighted by Gasteiger charge is 2.09. The van der Waals surface area contributed by atoms with Gasteiger partial charge >= 0.3 is 0 Å². The first-order chi connectivity index (χ1) is 10.3. The molecule has 0 unspecified atom stereocenters. The van der Waals surface area contributed by atoms with Gasteiger partial charge in [0.1, 0.15) is 0 Å². The number of rotatable bonds is 9. The van der Waals surface area contributed by atoms with E-state index in [4.69, 9.17) is 4.98 Å². The van der Waals surface area contributed by atoms with E-state index in [2.05, 4.69) is 49.5 Å². The number of aryl methyl sites for hydroxylation is 3. The third-order valence-corrected chi connectivity index (χ3v) is 4.78. The molecule has 0 saturated heterocycles. The Bertz CT molecular complexity index is 519. The lowest BCUT2D eigenvalue weighted by atomic mass is 10.1. The van der Waals surface area contributed by atoms with Crippen molar-refractivity contribution < 1.29 is 0 Å². The third-order valence-electron chi connectivity index (χ3n) is 3.62. The number of unbranched alkanes of at least 4 members (excludes halogenated alkanes) is 1. The van der Waals surface area contributed by atoms with Gasteiger partial charge in [0.25, 0.3) is 0 Å². The molecular weight excluding hydrogens is 276 g/mol. The summed E-state index contributed by atoms with van der Waals surface area (Å²) in [5.74, 6) is 0. The van der Waals surface area contributed by atoms with E-state index in [0.717, 1.165) is 32.4 Å². The summed E-state index contributed by atoms with van der Waals surface area (Å²) in [6.07, 6.45) is 5.67. The molecule has 0 aliphatic heterocycles. The molecule has 1 N–H and O–H groups in total. The Morgan fingerprint density at radius 2 is 1.90 bits per heavy atom. The molecular formula is C18H26N2S. The quantitative estimate of drug-likeness (QED) is 0.695. The molecule has 0 aliphatic carbocycles. The predicted octanol–water partition coefficient (Wildman–Crippen LogP) is 4.38. The molecule has 2 rings (SSSR count). The molecule has 1 aromatic heterocycles. The number of nitrogens with one attached hydrogen (secondary N) is 1. The lowest BCUT2D eigenvalue weighted by molar-refractivity contribution is 0.642. The highest BCUT2D eigenvalue weighted by atomic mass is 32.1. The second-order valence-electron chi connectivity index (χ2n) is 5.35. The molecule has 0 fully saturated rings.